The Morgan fingerprint density at radius 3 is 2.88 bits per heavy atom. The van der Waals surface area contributed by atoms with Crippen molar-refractivity contribution in [1.29, 1.82) is 0 Å². The van der Waals surface area contributed by atoms with Crippen molar-refractivity contribution >= 4 is 17.3 Å². The second-order valence-electron chi connectivity index (χ2n) is 6.95. The molecule has 132 valence electrons. The van der Waals surface area contributed by atoms with Crippen LogP contribution in [-0.4, -0.2) is 39.2 Å². The minimum atomic E-state index is 0.0454. The zero-order valence-electron chi connectivity index (χ0n) is 14.7. The first-order chi connectivity index (χ1) is 12.1. The molecule has 2 aliphatic rings. The Bertz CT molecular complexity index is 754. The van der Waals surface area contributed by atoms with Gasteiger partial charge in [0.15, 0.2) is 5.11 Å². The predicted molar refractivity (Wildman–Crippen MR) is 101 cm³/mol. The Labute approximate surface area is 153 Å². The maximum absolute atomic E-state index is 5.87. The fourth-order valence-electron chi connectivity index (χ4n) is 4.00. The van der Waals surface area contributed by atoms with E-state index in [1.54, 1.807) is 0 Å². The van der Waals surface area contributed by atoms with Crippen molar-refractivity contribution in [1.82, 2.24) is 20.2 Å². The average molecular weight is 356 g/mol. The largest absolute Gasteiger partial charge is 0.376 e. The van der Waals surface area contributed by atoms with E-state index in [0.717, 1.165) is 36.8 Å². The molecule has 0 amide bonds. The molecule has 2 N–H and O–H groups in total. The maximum Gasteiger partial charge on any atom is 0.170 e. The molecule has 0 aromatic carbocycles. The number of hydrogen-bond donors (Lipinski definition) is 2. The SMILES string of the molecule is Cc1cc([C@@H]2[C@@H](c3ccccn3)NC(=S)N2C[C@H]2CCCO2)c(C)[nH]1. The summed E-state index contributed by atoms with van der Waals surface area (Å²) in [4.78, 5) is 10.3. The number of nitrogens with zero attached hydrogens (tertiary/aromatic N) is 2. The fourth-order valence-corrected chi connectivity index (χ4v) is 4.32. The van der Waals surface area contributed by atoms with E-state index in [4.69, 9.17) is 17.0 Å². The van der Waals surface area contributed by atoms with Crippen molar-refractivity contribution in [2.45, 2.75) is 44.9 Å². The van der Waals surface area contributed by atoms with E-state index in [2.05, 4.69) is 46.2 Å². The van der Waals surface area contributed by atoms with Crippen molar-refractivity contribution in [3.05, 3.63) is 53.1 Å². The average Bonchev–Trinajstić information content (AvgIpc) is 3.30. The zero-order valence-corrected chi connectivity index (χ0v) is 15.5. The molecule has 0 radical (unpaired) electrons. The van der Waals surface area contributed by atoms with Gasteiger partial charge in [-0.15, -0.1) is 0 Å². The second kappa shape index (κ2) is 6.77. The van der Waals surface area contributed by atoms with Crippen molar-refractivity contribution < 1.29 is 4.74 Å². The van der Waals surface area contributed by atoms with Gasteiger partial charge >= 0.3 is 0 Å². The van der Waals surface area contributed by atoms with Gasteiger partial charge in [-0.25, -0.2) is 0 Å². The Hall–Kier alpha value is -1.92. The molecule has 6 heteroatoms. The molecule has 2 fully saturated rings. The highest BCUT2D eigenvalue weighted by Crippen LogP contribution is 2.40. The minimum Gasteiger partial charge on any atom is -0.376 e. The van der Waals surface area contributed by atoms with E-state index < -0.39 is 0 Å². The van der Waals surface area contributed by atoms with Crippen LogP contribution in [0, 0.1) is 13.8 Å². The maximum atomic E-state index is 5.87. The number of aromatic nitrogens is 2. The molecule has 2 aromatic heterocycles. The highest BCUT2D eigenvalue weighted by molar-refractivity contribution is 7.80. The molecule has 0 saturated carbocycles. The van der Waals surface area contributed by atoms with Crippen LogP contribution in [0.1, 0.15) is 47.6 Å². The van der Waals surface area contributed by atoms with Crippen molar-refractivity contribution in [2.75, 3.05) is 13.2 Å². The molecule has 25 heavy (non-hydrogen) atoms. The van der Waals surface area contributed by atoms with Gasteiger partial charge in [0.2, 0.25) is 0 Å². The van der Waals surface area contributed by atoms with Gasteiger partial charge < -0.3 is 19.9 Å². The van der Waals surface area contributed by atoms with Gasteiger partial charge in [-0.3, -0.25) is 4.98 Å². The molecule has 2 saturated heterocycles. The third kappa shape index (κ3) is 3.16. The molecular weight excluding hydrogens is 332 g/mol. The summed E-state index contributed by atoms with van der Waals surface area (Å²) in [7, 11) is 0. The third-order valence-electron chi connectivity index (χ3n) is 5.13. The van der Waals surface area contributed by atoms with Gasteiger partial charge in [0.25, 0.3) is 0 Å². The lowest BCUT2D eigenvalue weighted by molar-refractivity contribution is 0.0842. The van der Waals surface area contributed by atoms with Crippen LogP contribution in [0.25, 0.3) is 0 Å². The van der Waals surface area contributed by atoms with Crippen LogP contribution in [0.4, 0.5) is 0 Å². The molecule has 2 aliphatic heterocycles. The number of pyridine rings is 1. The van der Waals surface area contributed by atoms with Gasteiger partial charge in [-0.2, -0.15) is 0 Å². The van der Waals surface area contributed by atoms with E-state index in [0.29, 0.717) is 0 Å². The summed E-state index contributed by atoms with van der Waals surface area (Å²) >= 11 is 5.70. The van der Waals surface area contributed by atoms with Crippen LogP contribution in [0.2, 0.25) is 0 Å². The molecule has 0 bridgehead atoms. The van der Waals surface area contributed by atoms with E-state index >= 15 is 0 Å². The van der Waals surface area contributed by atoms with Crippen LogP contribution < -0.4 is 5.32 Å². The van der Waals surface area contributed by atoms with Gasteiger partial charge in [0.05, 0.1) is 23.9 Å². The zero-order chi connectivity index (χ0) is 17.4. The highest BCUT2D eigenvalue weighted by atomic mass is 32.1. The van der Waals surface area contributed by atoms with E-state index in [9.17, 15) is 0 Å². The number of rotatable bonds is 4. The number of aromatic amines is 1. The van der Waals surface area contributed by atoms with Gasteiger partial charge in [0.1, 0.15) is 0 Å². The van der Waals surface area contributed by atoms with Gasteiger partial charge in [-0.05, 0) is 62.7 Å². The summed E-state index contributed by atoms with van der Waals surface area (Å²) in [6.07, 6.45) is 4.33. The molecule has 0 unspecified atom stereocenters. The normalized spacial score (nSPS) is 26.2. The fraction of sp³-hybridized carbons (Fsp3) is 0.474. The van der Waals surface area contributed by atoms with E-state index in [1.807, 2.05) is 18.3 Å². The first-order valence-corrected chi connectivity index (χ1v) is 9.30. The van der Waals surface area contributed by atoms with Gasteiger partial charge in [0, 0.05) is 30.7 Å². The minimum absolute atomic E-state index is 0.0454. The topological polar surface area (TPSA) is 53.2 Å². The standard InChI is InChI=1S/C19H24N4OS/c1-12-10-15(13(2)21-12)18-17(16-7-3-4-8-20-16)22-19(25)23(18)11-14-6-5-9-24-14/h3-4,7-8,10,14,17-18,21H,5-6,9,11H2,1-2H3,(H,22,25)/t14-,17-,18-/m1/s1. The summed E-state index contributed by atoms with van der Waals surface area (Å²) in [6.45, 7) is 5.90. The predicted octanol–water partition coefficient (Wildman–Crippen LogP) is 3.18. The summed E-state index contributed by atoms with van der Waals surface area (Å²) in [6, 6.07) is 8.44. The van der Waals surface area contributed by atoms with E-state index in [-0.39, 0.29) is 18.2 Å². The molecular formula is C19H24N4OS. The Kier molecular flexibility index (Phi) is 4.48. The molecule has 0 aliphatic carbocycles. The van der Waals surface area contributed by atoms with Crippen LogP contribution in [0.5, 0.6) is 0 Å². The van der Waals surface area contributed by atoms with Crippen LogP contribution in [0.3, 0.4) is 0 Å². The van der Waals surface area contributed by atoms with Gasteiger partial charge in [-0.1, -0.05) is 6.07 Å². The van der Waals surface area contributed by atoms with Crippen LogP contribution >= 0.6 is 12.2 Å². The number of ether oxygens (including phenoxy) is 1. The lowest BCUT2D eigenvalue weighted by atomic mass is 9.96. The molecule has 0 spiro atoms. The molecule has 2 aromatic rings. The van der Waals surface area contributed by atoms with Crippen LogP contribution in [0.15, 0.2) is 30.5 Å². The van der Waals surface area contributed by atoms with Crippen molar-refractivity contribution in [2.24, 2.45) is 0 Å². The Morgan fingerprint density at radius 2 is 2.24 bits per heavy atom. The van der Waals surface area contributed by atoms with Crippen LogP contribution in [-0.2, 0) is 4.74 Å². The quantitative estimate of drug-likeness (QED) is 0.824. The summed E-state index contributed by atoms with van der Waals surface area (Å²) < 4.78 is 5.87. The smallest absolute Gasteiger partial charge is 0.170 e. The lowest BCUT2D eigenvalue weighted by Gasteiger charge is -2.29. The van der Waals surface area contributed by atoms with Crippen molar-refractivity contribution in [3.63, 3.8) is 0 Å². The molecule has 4 heterocycles. The first kappa shape index (κ1) is 16.5. The first-order valence-electron chi connectivity index (χ1n) is 8.89. The monoisotopic (exact) mass is 356 g/mol. The number of hydrogen-bond acceptors (Lipinski definition) is 3. The van der Waals surface area contributed by atoms with Crippen molar-refractivity contribution in [3.8, 4) is 0 Å². The Morgan fingerprint density at radius 1 is 1.36 bits per heavy atom. The second-order valence-corrected chi connectivity index (χ2v) is 7.33. The summed E-state index contributed by atoms with van der Waals surface area (Å²) in [5.41, 5.74) is 4.65. The molecule has 4 rings (SSSR count). The summed E-state index contributed by atoms with van der Waals surface area (Å²) in [5.74, 6) is 0. The molecule has 3 atom stereocenters. The number of H-pyrrole nitrogens is 1. The lowest BCUT2D eigenvalue weighted by Crippen LogP contribution is -2.36. The van der Waals surface area contributed by atoms with E-state index in [1.165, 1.54) is 17.0 Å². The highest BCUT2D eigenvalue weighted by Gasteiger charge is 2.42. The number of aryl methyl sites for hydroxylation is 2. The Balaban J connectivity index is 1.71. The third-order valence-corrected chi connectivity index (χ3v) is 5.48. The summed E-state index contributed by atoms with van der Waals surface area (Å²) in [5, 5.41) is 4.29. The molecule has 5 nitrogen and oxygen atoms in total. The number of thiocarbonyl (C=S) groups is 1. The number of nitrogens with one attached hydrogen (secondary N) is 2.